The fourth-order valence-corrected chi connectivity index (χ4v) is 2.76. The molecule has 5 nitrogen and oxygen atoms in total. The molecule has 2 amide bonds. The van der Waals surface area contributed by atoms with E-state index in [-0.39, 0.29) is 18.4 Å². The van der Waals surface area contributed by atoms with E-state index in [0.717, 1.165) is 24.9 Å². The lowest BCUT2D eigenvalue weighted by Gasteiger charge is -2.41. The Bertz CT molecular complexity index is 357. The van der Waals surface area contributed by atoms with Crippen molar-refractivity contribution in [2.45, 2.75) is 32.1 Å². The van der Waals surface area contributed by atoms with Gasteiger partial charge in [0.15, 0.2) is 0 Å². The summed E-state index contributed by atoms with van der Waals surface area (Å²) in [6, 6.07) is 0.139. The highest BCUT2D eigenvalue weighted by atomic mass is 16.4. The number of hydrogen-bond acceptors (Lipinski definition) is 2. The number of nitrogens with zero attached hydrogens (tertiary/aromatic N) is 2. The molecule has 0 spiro atoms. The van der Waals surface area contributed by atoms with E-state index < -0.39 is 5.97 Å². The molecule has 0 aromatic heterocycles. The van der Waals surface area contributed by atoms with Crippen LogP contribution in [-0.4, -0.2) is 53.1 Å². The molecule has 1 saturated heterocycles. The Morgan fingerprint density at radius 3 is 1.95 bits per heavy atom. The molecular formula is C14H22N2O3. The first kappa shape index (κ1) is 12.8. The summed E-state index contributed by atoms with van der Waals surface area (Å²) in [5, 5.41) is 8.72. The predicted octanol–water partition coefficient (Wildman–Crippen LogP) is 1.63. The predicted molar refractivity (Wildman–Crippen MR) is 69.7 cm³/mol. The third-order valence-electron chi connectivity index (χ3n) is 4.31. The van der Waals surface area contributed by atoms with Gasteiger partial charge >= 0.3 is 12.0 Å². The molecule has 5 heteroatoms. The molecule has 0 radical (unpaired) electrons. The molecule has 19 heavy (non-hydrogen) atoms. The number of carbonyl (C=O) groups excluding carboxylic acids is 1. The Balaban J connectivity index is 1.47. The monoisotopic (exact) mass is 266 g/mol. The number of likely N-dealkylation sites (tertiary alicyclic amines) is 1. The smallest absolute Gasteiger partial charge is 0.320 e. The summed E-state index contributed by atoms with van der Waals surface area (Å²) < 4.78 is 0. The second-order valence-electron chi connectivity index (χ2n) is 6.44. The molecule has 2 aliphatic carbocycles. The summed E-state index contributed by atoms with van der Waals surface area (Å²) >= 11 is 0. The summed E-state index contributed by atoms with van der Waals surface area (Å²) in [5.41, 5.74) is 0. The van der Waals surface area contributed by atoms with Crippen molar-refractivity contribution in [3.8, 4) is 0 Å². The van der Waals surface area contributed by atoms with Crippen LogP contribution in [0.5, 0.6) is 0 Å². The van der Waals surface area contributed by atoms with E-state index >= 15 is 0 Å². The molecule has 2 saturated carbocycles. The van der Waals surface area contributed by atoms with Gasteiger partial charge in [0.05, 0.1) is 6.42 Å². The van der Waals surface area contributed by atoms with Gasteiger partial charge in [-0.05, 0) is 37.5 Å². The maximum Gasteiger partial charge on any atom is 0.320 e. The topological polar surface area (TPSA) is 60.9 Å². The lowest BCUT2D eigenvalue weighted by atomic mass is 9.97. The van der Waals surface area contributed by atoms with Crippen molar-refractivity contribution < 1.29 is 14.7 Å². The fraction of sp³-hybridized carbons (Fsp3) is 0.857. The lowest BCUT2D eigenvalue weighted by molar-refractivity contribution is -0.139. The van der Waals surface area contributed by atoms with Gasteiger partial charge in [0.1, 0.15) is 0 Å². The van der Waals surface area contributed by atoms with Crippen LogP contribution < -0.4 is 0 Å². The highest BCUT2D eigenvalue weighted by molar-refractivity contribution is 5.76. The largest absolute Gasteiger partial charge is 0.481 e. The molecule has 106 valence electrons. The minimum absolute atomic E-state index is 0.139. The van der Waals surface area contributed by atoms with Crippen molar-refractivity contribution in [2.24, 2.45) is 17.8 Å². The van der Waals surface area contributed by atoms with Crippen LogP contribution in [0.3, 0.4) is 0 Å². The average molecular weight is 266 g/mol. The summed E-state index contributed by atoms with van der Waals surface area (Å²) in [6.45, 7) is 3.07. The highest BCUT2D eigenvalue weighted by Crippen LogP contribution is 2.34. The van der Waals surface area contributed by atoms with E-state index in [1.54, 1.807) is 0 Å². The van der Waals surface area contributed by atoms with Crippen molar-refractivity contribution in [3.05, 3.63) is 0 Å². The van der Waals surface area contributed by atoms with Gasteiger partial charge in [0, 0.05) is 32.1 Å². The number of aliphatic carboxylic acids is 1. The number of hydrogen-bond donors (Lipinski definition) is 1. The van der Waals surface area contributed by atoms with Crippen LogP contribution in [0.1, 0.15) is 32.1 Å². The molecule has 0 aromatic rings. The molecule has 0 unspecified atom stereocenters. The Morgan fingerprint density at radius 1 is 1.00 bits per heavy atom. The van der Waals surface area contributed by atoms with Crippen molar-refractivity contribution in [1.82, 2.24) is 9.80 Å². The van der Waals surface area contributed by atoms with Gasteiger partial charge < -0.3 is 14.9 Å². The molecule has 0 aromatic carbocycles. The number of carbonyl (C=O) groups is 2. The maximum atomic E-state index is 12.4. The van der Waals surface area contributed by atoms with Crippen molar-refractivity contribution in [2.75, 3.05) is 26.2 Å². The van der Waals surface area contributed by atoms with E-state index in [4.69, 9.17) is 5.11 Å². The molecule has 0 atom stereocenters. The second-order valence-corrected chi connectivity index (χ2v) is 6.44. The van der Waals surface area contributed by atoms with Crippen LogP contribution in [0.4, 0.5) is 4.79 Å². The summed E-state index contributed by atoms with van der Waals surface area (Å²) in [5.74, 6) is 0.840. The van der Waals surface area contributed by atoms with E-state index in [1.165, 1.54) is 25.7 Å². The zero-order valence-corrected chi connectivity index (χ0v) is 11.3. The van der Waals surface area contributed by atoms with Gasteiger partial charge in [-0.15, -0.1) is 0 Å². The third-order valence-corrected chi connectivity index (χ3v) is 4.31. The Morgan fingerprint density at radius 2 is 1.53 bits per heavy atom. The first-order valence-corrected chi connectivity index (χ1v) is 7.37. The molecule has 1 aliphatic heterocycles. The van der Waals surface area contributed by atoms with Crippen LogP contribution >= 0.6 is 0 Å². The minimum Gasteiger partial charge on any atom is -0.481 e. The van der Waals surface area contributed by atoms with Crippen LogP contribution in [0, 0.1) is 17.8 Å². The summed E-state index contributed by atoms with van der Waals surface area (Å²) in [6.07, 6.45) is 5.23. The van der Waals surface area contributed by atoms with Gasteiger partial charge in [-0.25, -0.2) is 4.79 Å². The fourth-order valence-electron chi connectivity index (χ4n) is 2.76. The number of amides is 2. The molecule has 0 bridgehead atoms. The van der Waals surface area contributed by atoms with Crippen molar-refractivity contribution >= 4 is 12.0 Å². The number of carboxylic acids is 1. The molecule has 3 fully saturated rings. The average Bonchev–Trinajstić information content (AvgIpc) is 3.14. The van der Waals surface area contributed by atoms with Crippen LogP contribution in [0.2, 0.25) is 0 Å². The molecule has 3 rings (SSSR count). The third kappa shape index (κ3) is 3.39. The quantitative estimate of drug-likeness (QED) is 0.795. The van der Waals surface area contributed by atoms with Crippen LogP contribution in [0.15, 0.2) is 0 Å². The minimum atomic E-state index is -0.759. The Kier molecular flexibility index (Phi) is 3.37. The lowest BCUT2D eigenvalue weighted by Crippen LogP contribution is -2.55. The Hall–Kier alpha value is -1.26. The van der Waals surface area contributed by atoms with Crippen molar-refractivity contribution in [3.63, 3.8) is 0 Å². The van der Waals surface area contributed by atoms with Crippen molar-refractivity contribution in [1.29, 1.82) is 0 Å². The van der Waals surface area contributed by atoms with E-state index in [0.29, 0.717) is 13.1 Å². The summed E-state index contributed by atoms with van der Waals surface area (Å²) in [4.78, 5) is 26.8. The number of rotatable bonds is 6. The first-order chi connectivity index (χ1) is 9.11. The Labute approximate surface area is 113 Å². The highest BCUT2D eigenvalue weighted by Gasteiger charge is 2.38. The van der Waals surface area contributed by atoms with Gasteiger partial charge in [-0.1, -0.05) is 0 Å². The maximum absolute atomic E-state index is 12.4. The van der Waals surface area contributed by atoms with E-state index in [9.17, 15) is 9.59 Å². The van der Waals surface area contributed by atoms with E-state index in [2.05, 4.69) is 0 Å². The normalized spacial score (nSPS) is 23.1. The molecular weight excluding hydrogens is 244 g/mol. The zero-order chi connectivity index (χ0) is 13.4. The van der Waals surface area contributed by atoms with Gasteiger partial charge in [-0.3, -0.25) is 4.79 Å². The standard InChI is InChI=1S/C14H22N2O3/c17-13(18)5-12-8-16(9-12)14(19)15(6-10-1-2-10)7-11-3-4-11/h10-12H,1-9H2,(H,17,18). The number of urea groups is 1. The van der Waals surface area contributed by atoms with Crippen LogP contribution in [0.25, 0.3) is 0 Å². The van der Waals surface area contributed by atoms with Gasteiger partial charge in [0.2, 0.25) is 0 Å². The molecule has 1 N–H and O–H groups in total. The second kappa shape index (κ2) is 5.02. The zero-order valence-electron chi connectivity index (χ0n) is 11.3. The van der Waals surface area contributed by atoms with E-state index in [1.807, 2.05) is 9.80 Å². The summed E-state index contributed by atoms with van der Waals surface area (Å²) in [7, 11) is 0. The van der Waals surface area contributed by atoms with Gasteiger partial charge in [0.25, 0.3) is 0 Å². The molecule has 3 aliphatic rings. The van der Waals surface area contributed by atoms with Crippen LogP contribution in [-0.2, 0) is 4.79 Å². The molecule has 1 heterocycles. The SMILES string of the molecule is O=C(O)CC1CN(C(=O)N(CC2CC2)CC2CC2)C1. The number of carboxylic acid groups (broad SMARTS) is 1. The van der Waals surface area contributed by atoms with Gasteiger partial charge in [-0.2, -0.15) is 0 Å². The first-order valence-electron chi connectivity index (χ1n) is 7.37.